The summed E-state index contributed by atoms with van der Waals surface area (Å²) in [6, 6.07) is 15.5. The van der Waals surface area contributed by atoms with E-state index in [-0.39, 0.29) is 31.2 Å². The number of nitrogens with zero attached hydrogens (tertiary/aromatic N) is 2. The molecular formula is C32H36ClN2O8S2+. The van der Waals surface area contributed by atoms with E-state index in [4.69, 9.17) is 20.8 Å². The van der Waals surface area contributed by atoms with Crippen LogP contribution in [0.15, 0.2) is 93.4 Å². The van der Waals surface area contributed by atoms with Crippen molar-refractivity contribution in [3.8, 4) is 11.1 Å². The zero-order valence-corrected chi connectivity index (χ0v) is 27.4. The molecule has 2 aliphatic rings. The molecule has 1 aliphatic carbocycles. The van der Waals surface area contributed by atoms with Crippen LogP contribution in [0.4, 0.5) is 0 Å². The third kappa shape index (κ3) is 8.06. The zero-order chi connectivity index (χ0) is 32.4. The largest absolute Gasteiger partial charge is 0.443 e. The molecule has 0 saturated carbocycles. The third-order valence-electron chi connectivity index (χ3n) is 7.96. The van der Waals surface area contributed by atoms with Gasteiger partial charge in [-0.25, -0.2) is 0 Å². The van der Waals surface area contributed by atoms with Gasteiger partial charge < -0.3 is 14.1 Å². The first-order chi connectivity index (χ1) is 21.3. The molecule has 2 heterocycles. The Morgan fingerprint density at radius 3 is 2.56 bits per heavy atom. The highest BCUT2D eigenvalue weighted by Gasteiger charge is 2.36. The minimum absolute atomic E-state index is 0.158. The van der Waals surface area contributed by atoms with Crippen molar-refractivity contribution in [1.82, 2.24) is 4.90 Å². The Morgan fingerprint density at radius 2 is 1.87 bits per heavy atom. The van der Waals surface area contributed by atoms with Crippen LogP contribution in [0, 0.1) is 0 Å². The van der Waals surface area contributed by atoms with Crippen molar-refractivity contribution in [2.75, 3.05) is 12.3 Å². The first kappa shape index (κ1) is 33.0. The van der Waals surface area contributed by atoms with Crippen molar-refractivity contribution >= 4 is 49.0 Å². The number of halogens is 1. The average Bonchev–Trinajstić information content (AvgIpc) is 3.50. The average molecular weight is 676 g/mol. The van der Waals surface area contributed by atoms with Crippen LogP contribution < -0.4 is 4.57 Å². The van der Waals surface area contributed by atoms with Crippen LogP contribution in [0.5, 0.6) is 0 Å². The Morgan fingerprint density at radius 1 is 1.11 bits per heavy atom. The van der Waals surface area contributed by atoms with Crippen molar-refractivity contribution in [2.24, 2.45) is 0 Å². The van der Waals surface area contributed by atoms with Gasteiger partial charge in [0.05, 0.1) is 23.1 Å². The summed E-state index contributed by atoms with van der Waals surface area (Å²) in [5.74, 6) is 1.32. The van der Waals surface area contributed by atoms with Crippen molar-refractivity contribution in [1.29, 1.82) is 0 Å². The number of ether oxygens (including phenoxy) is 1. The lowest BCUT2D eigenvalue weighted by Gasteiger charge is -2.25. The lowest BCUT2D eigenvalue weighted by atomic mass is 10.1. The monoisotopic (exact) mass is 675 g/mol. The van der Waals surface area contributed by atoms with Crippen LogP contribution >= 0.6 is 11.6 Å². The number of rotatable bonds is 12. The zero-order valence-electron chi connectivity index (χ0n) is 25.0. The van der Waals surface area contributed by atoms with Crippen molar-refractivity contribution in [2.45, 2.75) is 57.4 Å². The first-order valence-electron chi connectivity index (χ1n) is 14.7. The van der Waals surface area contributed by atoms with Crippen LogP contribution in [0.2, 0.25) is 0 Å². The van der Waals surface area contributed by atoms with Crippen LogP contribution in [-0.2, 0) is 31.5 Å². The molecule has 0 amide bonds. The topological polar surface area (TPSA) is 138 Å². The highest BCUT2D eigenvalue weighted by Crippen LogP contribution is 2.38. The van der Waals surface area contributed by atoms with Crippen molar-refractivity contribution in [3.63, 3.8) is 0 Å². The van der Waals surface area contributed by atoms with Gasteiger partial charge in [0.2, 0.25) is 5.58 Å². The number of aromatic nitrogens is 1. The molecule has 1 aromatic heterocycles. The summed E-state index contributed by atoms with van der Waals surface area (Å²) in [5.41, 5.74) is 4.21. The van der Waals surface area contributed by atoms with Crippen LogP contribution in [0.3, 0.4) is 0 Å². The molecule has 5 rings (SSSR count). The van der Waals surface area contributed by atoms with Crippen LogP contribution in [-0.4, -0.2) is 54.4 Å². The van der Waals surface area contributed by atoms with Gasteiger partial charge in [-0.3, -0.25) is 9.11 Å². The van der Waals surface area contributed by atoms with E-state index < -0.39 is 25.5 Å². The minimum Gasteiger partial charge on any atom is -0.443 e. The van der Waals surface area contributed by atoms with E-state index in [2.05, 4.69) is 0 Å². The molecule has 45 heavy (non-hydrogen) atoms. The van der Waals surface area contributed by atoms with Crippen molar-refractivity contribution < 1.29 is 39.7 Å². The van der Waals surface area contributed by atoms with Gasteiger partial charge in [-0.05, 0) is 54.7 Å². The lowest BCUT2D eigenvalue weighted by molar-refractivity contribution is -0.678. The summed E-state index contributed by atoms with van der Waals surface area (Å²) >= 11 is 6.33. The number of hydrogen-bond acceptors (Lipinski definition) is 7. The maximum absolute atomic E-state index is 11.8. The number of aryl methyl sites for hydroxylation is 1. The fourth-order valence-corrected chi connectivity index (χ4v) is 6.51. The second kappa shape index (κ2) is 13.5. The predicted molar refractivity (Wildman–Crippen MR) is 173 cm³/mol. The molecule has 2 atom stereocenters. The molecule has 0 radical (unpaired) electrons. The Bertz CT molecular complexity index is 1910. The fourth-order valence-electron chi connectivity index (χ4n) is 5.40. The van der Waals surface area contributed by atoms with E-state index in [0.717, 1.165) is 22.2 Å². The molecular weight excluding hydrogens is 640 g/mol. The van der Waals surface area contributed by atoms with Gasteiger partial charge >= 0.3 is 5.89 Å². The molecule has 240 valence electrons. The van der Waals surface area contributed by atoms with Crippen LogP contribution in [0.25, 0.3) is 28.3 Å². The van der Waals surface area contributed by atoms with Gasteiger partial charge in [-0.15, -0.1) is 0 Å². The Labute approximate surface area is 268 Å². The Balaban J connectivity index is 1.54. The molecule has 13 heteroatoms. The molecule has 0 spiro atoms. The Hall–Kier alpha value is -3.42. The fraction of sp³-hybridized carbons (Fsp3) is 0.344. The normalized spacial score (nSPS) is 19.0. The number of benzene rings is 2. The van der Waals surface area contributed by atoms with Gasteiger partial charge in [0.1, 0.15) is 5.76 Å². The molecule has 1 saturated heterocycles. The van der Waals surface area contributed by atoms with E-state index in [9.17, 15) is 25.9 Å². The summed E-state index contributed by atoms with van der Waals surface area (Å²) in [6.07, 6.45) is 8.75. The number of oxazole rings is 1. The minimum atomic E-state index is -4.22. The lowest BCUT2D eigenvalue weighted by Crippen LogP contribution is -2.37. The van der Waals surface area contributed by atoms with Gasteiger partial charge in [0.15, 0.2) is 12.4 Å². The van der Waals surface area contributed by atoms with Crippen LogP contribution in [0.1, 0.15) is 45.4 Å². The second-order valence-electron chi connectivity index (χ2n) is 11.1. The molecule has 1 fully saturated rings. The number of allylic oxidation sites excluding steroid dienone is 4. The standard InChI is InChI=1S/C32H35ClN2O8S2/c1-3-23(18-31-34(15-7-17-44(36,37)38)28-21-26(33)11-13-30(28)43-31)19-32-35(16-14-22(2)45(39,40)41)27-20-25(10-12-29(27)42-32)24-8-5-4-6-9-24/h4-6,8-13,18-20,22,28H,3,7,14-17,21H2,1-2H3,(H-,36,37,38,39,40,41)/p+1. The first-order valence-corrected chi connectivity index (χ1v) is 18.2. The molecule has 1 aliphatic heterocycles. The van der Waals surface area contributed by atoms with E-state index in [1.54, 1.807) is 12.2 Å². The molecule has 0 bridgehead atoms. The number of hydrogen-bond donors (Lipinski definition) is 2. The van der Waals surface area contributed by atoms with Gasteiger partial charge in [-0.2, -0.15) is 21.4 Å². The van der Waals surface area contributed by atoms with Crippen molar-refractivity contribution in [3.05, 3.63) is 94.9 Å². The summed E-state index contributed by atoms with van der Waals surface area (Å²) in [7, 11) is -8.34. The summed E-state index contributed by atoms with van der Waals surface area (Å²) in [5, 5.41) is -0.325. The van der Waals surface area contributed by atoms with Gasteiger partial charge in [0, 0.05) is 36.6 Å². The van der Waals surface area contributed by atoms with Gasteiger partial charge in [0.25, 0.3) is 25.8 Å². The molecule has 2 N–H and O–H groups in total. The Kier molecular flexibility index (Phi) is 9.90. The van der Waals surface area contributed by atoms with Gasteiger partial charge in [-0.1, -0.05) is 54.9 Å². The van der Waals surface area contributed by atoms with E-state index in [1.165, 1.54) is 6.92 Å². The molecule has 2 aromatic carbocycles. The third-order valence-corrected chi connectivity index (χ3v) is 10.3. The van der Waals surface area contributed by atoms with E-state index >= 15 is 0 Å². The summed E-state index contributed by atoms with van der Waals surface area (Å²) in [6.45, 7) is 4.03. The summed E-state index contributed by atoms with van der Waals surface area (Å²) in [4.78, 5) is 1.95. The smallest absolute Gasteiger partial charge is 0.374 e. The molecule has 2 unspecified atom stereocenters. The molecule has 10 nitrogen and oxygen atoms in total. The highest BCUT2D eigenvalue weighted by atomic mass is 35.5. The maximum atomic E-state index is 11.8. The van der Waals surface area contributed by atoms with E-state index in [1.807, 2.05) is 77.1 Å². The van der Waals surface area contributed by atoms with E-state index in [0.29, 0.717) is 47.5 Å². The SMILES string of the molecule is CCC(/C=C1\OC2=CC=C(Cl)CC2N1CCCS(=O)(=O)O)=C\c1oc2ccc(-c3ccccc3)cc2[n+]1CCC(C)S(=O)(=O)O. The predicted octanol–water partition coefficient (Wildman–Crippen LogP) is 6.08. The molecule has 3 aromatic rings. The number of fused-ring (bicyclic) bond motifs is 2. The maximum Gasteiger partial charge on any atom is 0.374 e. The highest BCUT2D eigenvalue weighted by molar-refractivity contribution is 7.86. The quantitative estimate of drug-likeness (QED) is 0.173. The second-order valence-corrected chi connectivity index (χ2v) is 15.0. The summed E-state index contributed by atoms with van der Waals surface area (Å²) < 4.78 is 79.7.